The zero-order chi connectivity index (χ0) is 13.8. The minimum atomic E-state index is 0.624. The second kappa shape index (κ2) is 6.41. The summed E-state index contributed by atoms with van der Waals surface area (Å²) in [5.74, 6) is 0.885. The summed E-state index contributed by atoms with van der Waals surface area (Å²) in [5, 5.41) is 7.98. The standard InChI is InChI=1S/C15H18BrN3O/c16-12-1-5-15(6-2-12)20-10-9-19-8-7-14(18-19)11-17-13-3-4-13/h1-2,5-8,13,17H,3-4,9-11H2. The monoisotopic (exact) mass is 335 g/mol. The van der Waals surface area contributed by atoms with Gasteiger partial charge in [0.05, 0.1) is 12.2 Å². The molecular weight excluding hydrogens is 318 g/mol. The predicted molar refractivity (Wildman–Crippen MR) is 81.7 cm³/mol. The Kier molecular flexibility index (Phi) is 4.38. The largest absolute Gasteiger partial charge is 0.492 e. The molecule has 20 heavy (non-hydrogen) atoms. The Bertz CT molecular complexity index is 549. The van der Waals surface area contributed by atoms with Crippen molar-refractivity contribution in [3.05, 3.63) is 46.7 Å². The van der Waals surface area contributed by atoms with Crippen molar-refractivity contribution in [1.82, 2.24) is 15.1 Å². The highest BCUT2D eigenvalue weighted by Crippen LogP contribution is 2.19. The summed E-state index contributed by atoms with van der Waals surface area (Å²) in [5.41, 5.74) is 1.10. The van der Waals surface area contributed by atoms with E-state index in [1.807, 2.05) is 35.1 Å². The highest BCUT2D eigenvalue weighted by molar-refractivity contribution is 9.10. The van der Waals surface area contributed by atoms with Gasteiger partial charge >= 0.3 is 0 Å². The smallest absolute Gasteiger partial charge is 0.119 e. The third-order valence-electron chi connectivity index (χ3n) is 3.25. The van der Waals surface area contributed by atoms with Gasteiger partial charge in [-0.15, -0.1) is 0 Å². The van der Waals surface area contributed by atoms with Crippen molar-refractivity contribution in [3.8, 4) is 5.75 Å². The second-order valence-corrected chi connectivity index (χ2v) is 5.94. The van der Waals surface area contributed by atoms with Crippen LogP contribution < -0.4 is 10.1 Å². The van der Waals surface area contributed by atoms with Gasteiger partial charge in [-0.3, -0.25) is 4.68 Å². The number of aromatic nitrogens is 2. The highest BCUT2D eigenvalue weighted by atomic mass is 79.9. The molecular formula is C15H18BrN3O. The number of hydrogen-bond donors (Lipinski definition) is 1. The van der Waals surface area contributed by atoms with E-state index in [4.69, 9.17) is 4.74 Å². The van der Waals surface area contributed by atoms with Crippen LogP contribution in [-0.4, -0.2) is 22.4 Å². The maximum Gasteiger partial charge on any atom is 0.119 e. The van der Waals surface area contributed by atoms with E-state index >= 15 is 0 Å². The van der Waals surface area contributed by atoms with Gasteiger partial charge in [-0.1, -0.05) is 15.9 Å². The number of nitrogens with zero attached hydrogens (tertiary/aromatic N) is 2. The fourth-order valence-corrected chi connectivity index (χ4v) is 2.21. The second-order valence-electron chi connectivity index (χ2n) is 5.03. The molecule has 0 atom stereocenters. The third kappa shape index (κ3) is 4.08. The summed E-state index contributed by atoms with van der Waals surface area (Å²) in [7, 11) is 0. The number of halogens is 1. The van der Waals surface area contributed by atoms with Crippen LogP contribution in [0.3, 0.4) is 0 Å². The molecule has 1 heterocycles. The van der Waals surface area contributed by atoms with Gasteiger partial charge in [0, 0.05) is 23.3 Å². The number of nitrogens with one attached hydrogen (secondary N) is 1. The van der Waals surface area contributed by atoms with Crippen LogP contribution in [0.1, 0.15) is 18.5 Å². The Morgan fingerprint density at radius 1 is 1.25 bits per heavy atom. The lowest BCUT2D eigenvalue weighted by atomic mass is 10.3. The van der Waals surface area contributed by atoms with Crippen LogP contribution in [0.5, 0.6) is 5.75 Å². The molecule has 0 bridgehead atoms. The van der Waals surface area contributed by atoms with Gasteiger partial charge in [0.15, 0.2) is 0 Å². The van der Waals surface area contributed by atoms with Gasteiger partial charge < -0.3 is 10.1 Å². The molecule has 1 N–H and O–H groups in total. The molecule has 0 radical (unpaired) electrons. The summed E-state index contributed by atoms with van der Waals surface area (Å²) in [6.45, 7) is 2.25. The van der Waals surface area contributed by atoms with E-state index in [1.165, 1.54) is 12.8 Å². The van der Waals surface area contributed by atoms with Gasteiger partial charge in [-0.25, -0.2) is 0 Å². The number of ether oxygens (including phenoxy) is 1. The van der Waals surface area contributed by atoms with Crippen molar-refractivity contribution in [2.45, 2.75) is 32.0 Å². The molecule has 1 aliphatic rings. The van der Waals surface area contributed by atoms with Crippen LogP contribution in [-0.2, 0) is 13.1 Å². The molecule has 106 valence electrons. The quantitative estimate of drug-likeness (QED) is 0.845. The third-order valence-corrected chi connectivity index (χ3v) is 3.78. The van der Waals surface area contributed by atoms with Crippen molar-refractivity contribution in [2.24, 2.45) is 0 Å². The molecule has 1 aliphatic carbocycles. The van der Waals surface area contributed by atoms with Crippen molar-refractivity contribution in [2.75, 3.05) is 6.61 Å². The normalized spacial score (nSPS) is 14.4. The Morgan fingerprint density at radius 3 is 2.80 bits per heavy atom. The maximum atomic E-state index is 5.69. The van der Waals surface area contributed by atoms with Crippen LogP contribution in [0.4, 0.5) is 0 Å². The first kappa shape index (κ1) is 13.6. The molecule has 3 rings (SSSR count). The highest BCUT2D eigenvalue weighted by Gasteiger charge is 2.20. The summed E-state index contributed by atoms with van der Waals surface area (Å²) in [6.07, 6.45) is 4.62. The molecule has 0 spiro atoms. The first-order valence-corrected chi connectivity index (χ1v) is 7.73. The van der Waals surface area contributed by atoms with Crippen LogP contribution in [0.25, 0.3) is 0 Å². The van der Waals surface area contributed by atoms with E-state index in [1.54, 1.807) is 0 Å². The fraction of sp³-hybridized carbons (Fsp3) is 0.400. The fourth-order valence-electron chi connectivity index (χ4n) is 1.95. The lowest BCUT2D eigenvalue weighted by molar-refractivity contribution is 0.291. The van der Waals surface area contributed by atoms with E-state index < -0.39 is 0 Å². The Hall–Kier alpha value is -1.33. The average Bonchev–Trinajstić information content (AvgIpc) is 3.18. The maximum absolute atomic E-state index is 5.69. The van der Waals surface area contributed by atoms with Crippen molar-refractivity contribution >= 4 is 15.9 Å². The van der Waals surface area contributed by atoms with E-state index in [0.717, 1.165) is 35.0 Å². The molecule has 1 aromatic heterocycles. The zero-order valence-corrected chi connectivity index (χ0v) is 12.8. The van der Waals surface area contributed by atoms with E-state index in [2.05, 4.69) is 32.4 Å². The molecule has 2 aromatic rings. The molecule has 0 amide bonds. The molecule has 0 unspecified atom stereocenters. The van der Waals surface area contributed by atoms with E-state index in [0.29, 0.717) is 6.61 Å². The first-order valence-electron chi connectivity index (χ1n) is 6.94. The molecule has 1 saturated carbocycles. The van der Waals surface area contributed by atoms with Crippen molar-refractivity contribution in [3.63, 3.8) is 0 Å². The van der Waals surface area contributed by atoms with E-state index in [9.17, 15) is 0 Å². The van der Waals surface area contributed by atoms with Crippen LogP contribution >= 0.6 is 15.9 Å². The molecule has 0 aliphatic heterocycles. The van der Waals surface area contributed by atoms with Gasteiger partial charge in [-0.05, 0) is 43.2 Å². The molecule has 5 heteroatoms. The summed E-state index contributed by atoms with van der Waals surface area (Å²) < 4.78 is 8.68. The lowest BCUT2D eigenvalue weighted by Crippen LogP contribution is -2.16. The van der Waals surface area contributed by atoms with Crippen molar-refractivity contribution in [1.29, 1.82) is 0 Å². The SMILES string of the molecule is Brc1ccc(OCCn2ccc(CNC3CC3)n2)cc1. The summed E-state index contributed by atoms with van der Waals surface area (Å²) in [6, 6.07) is 10.7. The summed E-state index contributed by atoms with van der Waals surface area (Å²) in [4.78, 5) is 0. The molecule has 0 saturated heterocycles. The lowest BCUT2D eigenvalue weighted by Gasteiger charge is -2.06. The number of rotatable bonds is 7. The zero-order valence-electron chi connectivity index (χ0n) is 11.3. The molecule has 1 fully saturated rings. The van der Waals surface area contributed by atoms with Gasteiger partial charge in [-0.2, -0.15) is 5.10 Å². The van der Waals surface area contributed by atoms with Crippen molar-refractivity contribution < 1.29 is 4.74 Å². The molecule has 1 aromatic carbocycles. The summed E-state index contributed by atoms with van der Waals surface area (Å²) >= 11 is 3.41. The Labute approximate surface area is 127 Å². The van der Waals surface area contributed by atoms with Gasteiger partial charge in [0.2, 0.25) is 0 Å². The Morgan fingerprint density at radius 2 is 2.05 bits per heavy atom. The predicted octanol–water partition coefficient (Wildman–Crippen LogP) is 2.98. The van der Waals surface area contributed by atoms with Crippen LogP contribution in [0.15, 0.2) is 41.0 Å². The first-order chi connectivity index (χ1) is 9.79. The Balaban J connectivity index is 1.42. The number of hydrogen-bond acceptors (Lipinski definition) is 3. The van der Waals surface area contributed by atoms with Gasteiger partial charge in [0.25, 0.3) is 0 Å². The van der Waals surface area contributed by atoms with E-state index in [-0.39, 0.29) is 0 Å². The average molecular weight is 336 g/mol. The minimum Gasteiger partial charge on any atom is -0.492 e. The van der Waals surface area contributed by atoms with Gasteiger partial charge in [0.1, 0.15) is 12.4 Å². The molecule has 4 nitrogen and oxygen atoms in total. The van der Waals surface area contributed by atoms with Crippen LogP contribution in [0, 0.1) is 0 Å². The minimum absolute atomic E-state index is 0.624. The number of benzene rings is 1. The van der Waals surface area contributed by atoms with Crippen LogP contribution in [0.2, 0.25) is 0 Å². The topological polar surface area (TPSA) is 39.1 Å².